The maximum atomic E-state index is 13.1. The van der Waals surface area contributed by atoms with Gasteiger partial charge in [0.05, 0.1) is 5.69 Å². The van der Waals surface area contributed by atoms with Crippen molar-refractivity contribution in [3.8, 4) is 17.0 Å². The predicted octanol–water partition coefficient (Wildman–Crippen LogP) is 7.78. The lowest BCUT2D eigenvalue weighted by Gasteiger charge is -2.21. The SMILES string of the molecule is CCCCCCCCc1ccc(-c2ccc(OCC(OCCCC)C(F)(F)F)cc2)nc1. The number of unbranched alkanes of at least 4 members (excludes halogenated alkanes) is 6. The van der Waals surface area contributed by atoms with E-state index in [-0.39, 0.29) is 6.61 Å². The van der Waals surface area contributed by atoms with Gasteiger partial charge < -0.3 is 9.47 Å². The van der Waals surface area contributed by atoms with Crippen molar-refractivity contribution in [3.05, 3.63) is 48.2 Å². The summed E-state index contributed by atoms with van der Waals surface area (Å²) in [5, 5.41) is 0. The van der Waals surface area contributed by atoms with Gasteiger partial charge in [-0.2, -0.15) is 13.2 Å². The van der Waals surface area contributed by atoms with E-state index in [0.29, 0.717) is 12.2 Å². The molecular weight excluding hydrogens is 415 g/mol. The van der Waals surface area contributed by atoms with E-state index in [2.05, 4.69) is 18.0 Å². The summed E-state index contributed by atoms with van der Waals surface area (Å²) in [6, 6.07) is 11.0. The molecule has 0 amide bonds. The standard InChI is InChI=1S/C26H36F3NO2/c1-3-5-7-8-9-10-11-21-12-17-24(30-19-21)22-13-15-23(16-14-22)32-20-25(26(27,28)29)31-18-6-4-2/h12-17,19,25H,3-11,18,20H2,1-2H3. The van der Waals surface area contributed by atoms with Crippen LogP contribution in [0, 0.1) is 0 Å². The van der Waals surface area contributed by atoms with Crippen LogP contribution in [0.1, 0.15) is 70.8 Å². The molecule has 0 saturated heterocycles. The van der Waals surface area contributed by atoms with Gasteiger partial charge in [0.25, 0.3) is 0 Å². The number of aryl methyl sites for hydroxylation is 1. The van der Waals surface area contributed by atoms with Crippen molar-refractivity contribution in [2.45, 2.75) is 83.9 Å². The Morgan fingerprint density at radius 3 is 2.16 bits per heavy atom. The summed E-state index contributed by atoms with van der Waals surface area (Å²) in [4.78, 5) is 4.55. The number of halogens is 3. The van der Waals surface area contributed by atoms with Crippen LogP contribution >= 0.6 is 0 Å². The molecule has 0 aliphatic rings. The Kier molecular flexibility index (Phi) is 11.6. The van der Waals surface area contributed by atoms with Gasteiger partial charge in [-0.1, -0.05) is 58.4 Å². The monoisotopic (exact) mass is 451 g/mol. The molecule has 1 heterocycles. The molecule has 1 aromatic carbocycles. The summed E-state index contributed by atoms with van der Waals surface area (Å²) < 4.78 is 49.6. The highest BCUT2D eigenvalue weighted by Crippen LogP contribution is 2.26. The molecule has 0 fully saturated rings. The Bertz CT molecular complexity index is 745. The number of ether oxygens (including phenoxy) is 2. The molecule has 3 nitrogen and oxygen atoms in total. The number of hydrogen-bond acceptors (Lipinski definition) is 3. The quantitative estimate of drug-likeness (QED) is 0.259. The van der Waals surface area contributed by atoms with Crippen LogP contribution < -0.4 is 4.74 Å². The largest absolute Gasteiger partial charge is 0.491 e. The summed E-state index contributed by atoms with van der Waals surface area (Å²) in [6.07, 6.45) is 5.56. The third kappa shape index (κ3) is 9.60. The topological polar surface area (TPSA) is 31.4 Å². The van der Waals surface area contributed by atoms with Crippen LogP contribution in [0.3, 0.4) is 0 Å². The summed E-state index contributed by atoms with van der Waals surface area (Å²) in [6.45, 7) is 3.64. The number of pyridine rings is 1. The molecular formula is C26H36F3NO2. The van der Waals surface area contributed by atoms with Gasteiger partial charge in [0.15, 0.2) is 6.10 Å². The molecule has 2 aromatic rings. The second-order valence-corrected chi connectivity index (χ2v) is 8.16. The van der Waals surface area contributed by atoms with Gasteiger partial charge in [-0.05, 0) is 55.2 Å². The minimum atomic E-state index is -4.45. The van der Waals surface area contributed by atoms with E-state index < -0.39 is 18.9 Å². The zero-order valence-electron chi connectivity index (χ0n) is 19.3. The maximum absolute atomic E-state index is 13.1. The van der Waals surface area contributed by atoms with Gasteiger partial charge >= 0.3 is 6.18 Å². The fourth-order valence-electron chi connectivity index (χ4n) is 3.35. The molecule has 32 heavy (non-hydrogen) atoms. The molecule has 2 rings (SSSR count). The molecule has 1 aromatic heterocycles. The van der Waals surface area contributed by atoms with Crippen LogP contribution in [0.2, 0.25) is 0 Å². The van der Waals surface area contributed by atoms with E-state index in [4.69, 9.17) is 9.47 Å². The number of rotatable bonds is 15. The Hall–Kier alpha value is -2.08. The second-order valence-electron chi connectivity index (χ2n) is 8.16. The highest BCUT2D eigenvalue weighted by atomic mass is 19.4. The van der Waals surface area contributed by atoms with Gasteiger partial charge in [0, 0.05) is 18.4 Å². The number of alkyl halides is 3. The third-order valence-corrected chi connectivity index (χ3v) is 5.38. The number of benzene rings is 1. The number of hydrogen-bond donors (Lipinski definition) is 0. The average molecular weight is 452 g/mol. The average Bonchev–Trinajstić information content (AvgIpc) is 2.78. The van der Waals surface area contributed by atoms with Crippen LogP contribution in [-0.2, 0) is 11.2 Å². The van der Waals surface area contributed by atoms with Crippen LogP contribution in [0.25, 0.3) is 11.3 Å². The van der Waals surface area contributed by atoms with Crippen LogP contribution in [0.4, 0.5) is 13.2 Å². The Labute approximate surface area is 190 Å². The lowest BCUT2D eigenvalue weighted by molar-refractivity contribution is -0.227. The third-order valence-electron chi connectivity index (χ3n) is 5.38. The van der Waals surface area contributed by atoms with Crippen LogP contribution in [0.15, 0.2) is 42.6 Å². The molecule has 0 spiro atoms. The summed E-state index contributed by atoms with van der Waals surface area (Å²) in [7, 11) is 0. The number of nitrogens with zero attached hydrogens (tertiary/aromatic N) is 1. The minimum absolute atomic E-state index is 0.0729. The van der Waals surface area contributed by atoms with E-state index in [1.165, 1.54) is 44.1 Å². The highest BCUT2D eigenvalue weighted by Gasteiger charge is 2.41. The van der Waals surface area contributed by atoms with Gasteiger partial charge in [0.2, 0.25) is 0 Å². The zero-order valence-corrected chi connectivity index (χ0v) is 19.3. The van der Waals surface area contributed by atoms with Crippen molar-refractivity contribution in [1.29, 1.82) is 0 Å². The molecule has 0 N–H and O–H groups in total. The van der Waals surface area contributed by atoms with Crippen LogP contribution in [-0.4, -0.2) is 30.5 Å². The minimum Gasteiger partial charge on any atom is -0.491 e. The normalized spacial score (nSPS) is 12.7. The fraction of sp³-hybridized carbons (Fsp3) is 0.577. The zero-order chi connectivity index (χ0) is 23.2. The first-order chi connectivity index (χ1) is 15.4. The van der Waals surface area contributed by atoms with Gasteiger partial charge in [-0.3, -0.25) is 4.98 Å². The summed E-state index contributed by atoms with van der Waals surface area (Å²) >= 11 is 0. The molecule has 0 saturated carbocycles. The van der Waals surface area contributed by atoms with Gasteiger partial charge in [-0.25, -0.2) is 0 Å². The van der Waals surface area contributed by atoms with E-state index in [9.17, 15) is 13.2 Å². The van der Waals surface area contributed by atoms with Crippen molar-refractivity contribution in [2.75, 3.05) is 13.2 Å². The Balaban J connectivity index is 1.83. The van der Waals surface area contributed by atoms with Crippen molar-refractivity contribution >= 4 is 0 Å². The smallest absolute Gasteiger partial charge is 0.417 e. The van der Waals surface area contributed by atoms with E-state index >= 15 is 0 Å². The van der Waals surface area contributed by atoms with Gasteiger partial charge in [0.1, 0.15) is 12.4 Å². The van der Waals surface area contributed by atoms with Crippen LogP contribution in [0.5, 0.6) is 5.75 Å². The maximum Gasteiger partial charge on any atom is 0.417 e. The molecule has 178 valence electrons. The highest BCUT2D eigenvalue weighted by molar-refractivity contribution is 5.60. The van der Waals surface area contributed by atoms with Crippen molar-refractivity contribution in [3.63, 3.8) is 0 Å². The predicted molar refractivity (Wildman–Crippen MR) is 123 cm³/mol. The molecule has 1 atom stereocenters. The molecule has 1 unspecified atom stereocenters. The van der Waals surface area contributed by atoms with Crippen molar-refractivity contribution in [2.24, 2.45) is 0 Å². The van der Waals surface area contributed by atoms with Crippen molar-refractivity contribution in [1.82, 2.24) is 4.98 Å². The van der Waals surface area contributed by atoms with E-state index in [0.717, 1.165) is 24.1 Å². The van der Waals surface area contributed by atoms with E-state index in [1.54, 1.807) is 12.1 Å². The van der Waals surface area contributed by atoms with Gasteiger partial charge in [-0.15, -0.1) is 0 Å². The Morgan fingerprint density at radius 2 is 1.53 bits per heavy atom. The fourth-order valence-corrected chi connectivity index (χ4v) is 3.35. The Morgan fingerprint density at radius 1 is 0.844 bits per heavy atom. The van der Waals surface area contributed by atoms with Crippen molar-refractivity contribution < 1.29 is 22.6 Å². The lowest BCUT2D eigenvalue weighted by atomic mass is 10.1. The molecule has 0 aliphatic heterocycles. The number of aromatic nitrogens is 1. The molecule has 0 radical (unpaired) electrons. The molecule has 0 aliphatic carbocycles. The molecule has 0 bridgehead atoms. The first-order valence-electron chi connectivity index (χ1n) is 11.8. The summed E-state index contributed by atoms with van der Waals surface area (Å²) in [5.41, 5.74) is 2.96. The van der Waals surface area contributed by atoms with E-state index in [1.807, 2.05) is 31.3 Å². The summed E-state index contributed by atoms with van der Waals surface area (Å²) in [5.74, 6) is 0.377. The lowest BCUT2D eigenvalue weighted by Crippen LogP contribution is -2.37. The first-order valence-corrected chi connectivity index (χ1v) is 11.8. The second kappa shape index (κ2) is 14.1. The molecule has 6 heteroatoms. The first kappa shape index (κ1) is 26.2.